The van der Waals surface area contributed by atoms with Gasteiger partial charge < -0.3 is 14.6 Å². The van der Waals surface area contributed by atoms with Crippen molar-refractivity contribution in [2.45, 2.75) is 13.0 Å². The molecule has 0 saturated carbocycles. The summed E-state index contributed by atoms with van der Waals surface area (Å²) in [7, 11) is 3.88. The van der Waals surface area contributed by atoms with Crippen LogP contribution in [0.25, 0.3) is 11.0 Å². The first-order chi connectivity index (χ1) is 8.97. The van der Waals surface area contributed by atoms with Crippen molar-refractivity contribution < 1.29 is 14.3 Å². The lowest BCUT2D eigenvalue weighted by Gasteiger charge is -2.12. The molecule has 0 saturated heterocycles. The van der Waals surface area contributed by atoms with Crippen molar-refractivity contribution in [3.8, 4) is 0 Å². The van der Waals surface area contributed by atoms with E-state index in [-0.39, 0.29) is 12.2 Å². The highest BCUT2D eigenvalue weighted by Gasteiger charge is 2.14. The second-order valence-corrected chi connectivity index (χ2v) is 4.69. The predicted octanol–water partition coefficient (Wildman–Crippen LogP) is 1.36. The highest BCUT2D eigenvalue weighted by molar-refractivity contribution is 5.78. The van der Waals surface area contributed by atoms with Gasteiger partial charge >= 0.3 is 5.97 Å². The van der Waals surface area contributed by atoms with E-state index in [2.05, 4.69) is 4.98 Å². The SMILES string of the molecule is CN(C)CCn1c(CC(=O)O)nc2cc(F)ccc21. The molecule has 0 atom stereocenters. The topological polar surface area (TPSA) is 58.4 Å². The highest BCUT2D eigenvalue weighted by atomic mass is 19.1. The molecule has 0 aliphatic rings. The van der Waals surface area contributed by atoms with Crippen molar-refractivity contribution in [3.63, 3.8) is 0 Å². The van der Waals surface area contributed by atoms with Gasteiger partial charge in [0.05, 0.1) is 11.0 Å². The predicted molar refractivity (Wildman–Crippen MR) is 69.6 cm³/mol. The Kier molecular flexibility index (Phi) is 3.80. The molecular weight excluding hydrogens is 249 g/mol. The van der Waals surface area contributed by atoms with Crippen LogP contribution in [0.5, 0.6) is 0 Å². The molecule has 0 fully saturated rings. The van der Waals surface area contributed by atoms with Crippen LogP contribution in [0.3, 0.4) is 0 Å². The smallest absolute Gasteiger partial charge is 0.311 e. The molecule has 0 amide bonds. The van der Waals surface area contributed by atoms with Crippen LogP contribution in [-0.4, -0.2) is 46.2 Å². The van der Waals surface area contributed by atoms with Crippen LogP contribution in [0.1, 0.15) is 5.82 Å². The van der Waals surface area contributed by atoms with Gasteiger partial charge in [0, 0.05) is 19.2 Å². The average Bonchev–Trinajstić information content (AvgIpc) is 2.61. The zero-order chi connectivity index (χ0) is 14.0. The van der Waals surface area contributed by atoms with Gasteiger partial charge in [0.1, 0.15) is 18.1 Å². The second kappa shape index (κ2) is 5.36. The summed E-state index contributed by atoms with van der Waals surface area (Å²) in [4.78, 5) is 17.1. The number of aliphatic carboxylic acids is 1. The molecule has 1 N–H and O–H groups in total. The zero-order valence-corrected chi connectivity index (χ0v) is 10.9. The number of likely N-dealkylation sites (N-methyl/N-ethyl adjacent to an activating group) is 1. The maximum atomic E-state index is 13.2. The second-order valence-electron chi connectivity index (χ2n) is 4.69. The number of rotatable bonds is 5. The number of fused-ring (bicyclic) bond motifs is 1. The van der Waals surface area contributed by atoms with E-state index < -0.39 is 5.97 Å². The molecule has 0 spiro atoms. The van der Waals surface area contributed by atoms with Crippen LogP contribution in [0, 0.1) is 5.82 Å². The lowest BCUT2D eigenvalue weighted by molar-refractivity contribution is -0.136. The number of aromatic nitrogens is 2. The normalized spacial score (nSPS) is 11.4. The number of carboxylic acid groups (broad SMARTS) is 1. The first-order valence-electron chi connectivity index (χ1n) is 5.98. The number of halogens is 1. The van der Waals surface area contributed by atoms with Crippen molar-refractivity contribution in [2.24, 2.45) is 0 Å². The van der Waals surface area contributed by atoms with Gasteiger partial charge in [0.15, 0.2) is 0 Å². The minimum atomic E-state index is -0.943. The Morgan fingerprint density at radius 2 is 2.21 bits per heavy atom. The first-order valence-corrected chi connectivity index (χ1v) is 5.98. The summed E-state index contributed by atoms with van der Waals surface area (Å²) in [5.41, 5.74) is 1.26. The number of hydrogen-bond donors (Lipinski definition) is 1. The van der Waals surface area contributed by atoms with Gasteiger partial charge in [-0.2, -0.15) is 0 Å². The van der Waals surface area contributed by atoms with Crippen LogP contribution in [-0.2, 0) is 17.8 Å². The molecular formula is C13H16FN3O2. The monoisotopic (exact) mass is 265 g/mol. The first kappa shape index (κ1) is 13.5. The molecule has 1 heterocycles. The van der Waals surface area contributed by atoms with Gasteiger partial charge in [-0.15, -0.1) is 0 Å². The largest absolute Gasteiger partial charge is 0.481 e. The molecule has 5 nitrogen and oxygen atoms in total. The summed E-state index contributed by atoms with van der Waals surface area (Å²) in [5.74, 6) is -0.858. The molecule has 1 aromatic carbocycles. The lowest BCUT2D eigenvalue weighted by atomic mass is 10.3. The van der Waals surface area contributed by atoms with Crippen molar-refractivity contribution in [1.82, 2.24) is 14.5 Å². The van der Waals surface area contributed by atoms with E-state index in [1.165, 1.54) is 12.1 Å². The van der Waals surface area contributed by atoms with Gasteiger partial charge in [0.2, 0.25) is 0 Å². The average molecular weight is 265 g/mol. The van der Waals surface area contributed by atoms with Gasteiger partial charge in [-0.3, -0.25) is 4.79 Å². The van der Waals surface area contributed by atoms with E-state index in [9.17, 15) is 9.18 Å². The molecule has 19 heavy (non-hydrogen) atoms. The molecule has 0 aliphatic carbocycles. The summed E-state index contributed by atoms with van der Waals surface area (Å²) in [5, 5.41) is 8.91. The lowest BCUT2D eigenvalue weighted by Crippen LogP contribution is -2.20. The summed E-state index contributed by atoms with van der Waals surface area (Å²) < 4.78 is 15.0. The zero-order valence-electron chi connectivity index (χ0n) is 10.9. The van der Waals surface area contributed by atoms with Gasteiger partial charge in [-0.05, 0) is 26.2 Å². The summed E-state index contributed by atoms with van der Waals surface area (Å²) in [6.07, 6.45) is -0.163. The van der Waals surface area contributed by atoms with E-state index in [0.29, 0.717) is 17.9 Å². The number of hydrogen-bond acceptors (Lipinski definition) is 3. The van der Waals surface area contributed by atoms with Crippen molar-refractivity contribution in [3.05, 3.63) is 29.8 Å². The highest BCUT2D eigenvalue weighted by Crippen LogP contribution is 2.18. The number of nitrogens with zero attached hydrogens (tertiary/aromatic N) is 3. The summed E-state index contributed by atoms with van der Waals surface area (Å²) in [6.45, 7) is 1.38. The van der Waals surface area contributed by atoms with Crippen molar-refractivity contribution >= 4 is 17.0 Å². The quantitative estimate of drug-likeness (QED) is 0.887. The Morgan fingerprint density at radius 3 is 2.84 bits per heavy atom. The third kappa shape index (κ3) is 3.08. The maximum Gasteiger partial charge on any atom is 0.311 e. The number of carbonyl (C=O) groups is 1. The summed E-state index contributed by atoms with van der Waals surface area (Å²) >= 11 is 0. The Bertz CT molecular complexity index is 607. The fraction of sp³-hybridized carbons (Fsp3) is 0.385. The van der Waals surface area contributed by atoms with Crippen LogP contribution in [0.15, 0.2) is 18.2 Å². The standard InChI is InChI=1S/C13H16FN3O2/c1-16(2)5-6-17-11-4-3-9(14)7-10(11)15-12(17)8-13(18)19/h3-4,7H,5-6,8H2,1-2H3,(H,18,19). The molecule has 0 radical (unpaired) electrons. The maximum absolute atomic E-state index is 13.2. The molecule has 0 unspecified atom stereocenters. The van der Waals surface area contributed by atoms with E-state index in [1.54, 1.807) is 6.07 Å². The number of imidazole rings is 1. The molecule has 1 aromatic heterocycles. The fourth-order valence-electron chi connectivity index (χ4n) is 1.97. The minimum absolute atomic E-state index is 0.163. The molecule has 6 heteroatoms. The number of carboxylic acids is 1. The van der Waals surface area contributed by atoms with Crippen LogP contribution in [0.2, 0.25) is 0 Å². The van der Waals surface area contributed by atoms with Gasteiger partial charge in [0.25, 0.3) is 0 Å². The molecule has 0 aliphatic heterocycles. The van der Waals surface area contributed by atoms with E-state index in [4.69, 9.17) is 5.11 Å². The molecule has 2 rings (SSSR count). The van der Waals surface area contributed by atoms with E-state index >= 15 is 0 Å². The Morgan fingerprint density at radius 1 is 1.47 bits per heavy atom. The molecule has 102 valence electrons. The van der Waals surface area contributed by atoms with Gasteiger partial charge in [-0.25, -0.2) is 9.37 Å². The third-order valence-corrected chi connectivity index (χ3v) is 2.87. The minimum Gasteiger partial charge on any atom is -0.481 e. The fourth-order valence-corrected chi connectivity index (χ4v) is 1.97. The Hall–Kier alpha value is -1.95. The Labute approximate surface area is 110 Å². The van der Waals surface area contributed by atoms with Gasteiger partial charge in [-0.1, -0.05) is 0 Å². The Balaban J connectivity index is 2.45. The van der Waals surface area contributed by atoms with Crippen molar-refractivity contribution in [2.75, 3.05) is 20.6 Å². The van der Waals surface area contributed by atoms with Crippen molar-refractivity contribution in [1.29, 1.82) is 0 Å². The number of benzene rings is 1. The van der Waals surface area contributed by atoms with Crippen LogP contribution >= 0.6 is 0 Å². The molecule has 0 bridgehead atoms. The third-order valence-electron chi connectivity index (χ3n) is 2.87. The van der Waals surface area contributed by atoms with Crippen LogP contribution < -0.4 is 0 Å². The molecule has 2 aromatic rings. The summed E-state index contributed by atoms with van der Waals surface area (Å²) in [6, 6.07) is 4.33. The van der Waals surface area contributed by atoms with E-state index in [0.717, 1.165) is 12.1 Å². The van der Waals surface area contributed by atoms with E-state index in [1.807, 2.05) is 23.6 Å². The van der Waals surface area contributed by atoms with Crippen LogP contribution in [0.4, 0.5) is 4.39 Å².